The number of methoxy groups -OCH3 is 1. The molecule has 0 aliphatic carbocycles. The molecule has 0 bridgehead atoms. The molecule has 1 aromatic rings. The molecule has 0 heterocycles. The zero-order valence-corrected chi connectivity index (χ0v) is 11.1. The highest BCUT2D eigenvalue weighted by molar-refractivity contribution is 5.91. The average Bonchev–Trinajstić information content (AvgIpc) is 2.36. The lowest BCUT2D eigenvalue weighted by molar-refractivity contribution is -0.117. The van der Waals surface area contributed by atoms with Gasteiger partial charge >= 0.3 is 0 Å². The molecule has 0 saturated carbocycles. The second kappa shape index (κ2) is 6.21. The first kappa shape index (κ1) is 14.3. The molecule has 4 heteroatoms. The molecule has 1 aromatic carbocycles. The third-order valence-electron chi connectivity index (χ3n) is 2.60. The minimum atomic E-state index is -0.356. The van der Waals surface area contributed by atoms with Gasteiger partial charge in [-0.2, -0.15) is 0 Å². The van der Waals surface area contributed by atoms with Crippen LogP contribution in [0.1, 0.15) is 19.4 Å². The molecule has 0 fully saturated rings. The van der Waals surface area contributed by atoms with Crippen LogP contribution in [0.15, 0.2) is 30.3 Å². The van der Waals surface area contributed by atoms with E-state index < -0.39 is 0 Å². The molecular formula is C14H20N2O2. The van der Waals surface area contributed by atoms with Gasteiger partial charge in [0.1, 0.15) is 0 Å². The van der Waals surface area contributed by atoms with Crippen LogP contribution in [-0.4, -0.2) is 25.2 Å². The molecule has 1 rings (SSSR count). The first-order valence-electron chi connectivity index (χ1n) is 5.79. The Balaban J connectivity index is 2.47. The minimum Gasteiger partial charge on any atom is -0.399 e. The average molecular weight is 248 g/mol. The summed E-state index contributed by atoms with van der Waals surface area (Å²) in [6, 6.07) is 7.31. The highest BCUT2D eigenvalue weighted by atomic mass is 16.5. The molecule has 1 amide bonds. The Hall–Kier alpha value is -1.81. The fraction of sp³-hybridized carbons (Fsp3) is 0.357. The first-order valence-corrected chi connectivity index (χ1v) is 5.79. The summed E-state index contributed by atoms with van der Waals surface area (Å²) in [5.74, 6) is -0.142. The lowest BCUT2D eigenvalue weighted by Gasteiger charge is -2.22. The smallest absolute Gasteiger partial charge is 0.244 e. The Morgan fingerprint density at radius 3 is 2.56 bits per heavy atom. The van der Waals surface area contributed by atoms with Crippen molar-refractivity contribution < 1.29 is 9.53 Å². The largest absolute Gasteiger partial charge is 0.399 e. The van der Waals surface area contributed by atoms with Crippen LogP contribution in [0, 0.1) is 0 Å². The van der Waals surface area contributed by atoms with Crippen LogP contribution in [0.2, 0.25) is 0 Å². The fourth-order valence-corrected chi connectivity index (χ4v) is 1.21. The molecule has 0 aliphatic rings. The number of ether oxygens (including phenoxy) is 1. The maximum absolute atomic E-state index is 11.6. The van der Waals surface area contributed by atoms with E-state index in [1.54, 1.807) is 25.3 Å². The molecule has 0 atom stereocenters. The van der Waals surface area contributed by atoms with Crippen LogP contribution in [0.5, 0.6) is 0 Å². The third kappa shape index (κ3) is 5.01. The fourth-order valence-electron chi connectivity index (χ4n) is 1.21. The van der Waals surface area contributed by atoms with Crippen molar-refractivity contribution in [2.45, 2.75) is 19.4 Å². The number of nitrogens with one attached hydrogen (secondary N) is 1. The zero-order chi connectivity index (χ0) is 13.6. The quantitative estimate of drug-likeness (QED) is 0.617. The van der Waals surface area contributed by atoms with E-state index in [1.807, 2.05) is 26.0 Å². The number of nitrogens with two attached hydrogens (primary N) is 1. The molecule has 98 valence electrons. The van der Waals surface area contributed by atoms with E-state index in [2.05, 4.69) is 5.32 Å². The molecular weight excluding hydrogens is 228 g/mol. The van der Waals surface area contributed by atoms with E-state index >= 15 is 0 Å². The summed E-state index contributed by atoms with van der Waals surface area (Å²) in [4.78, 5) is 11.6. The van der Waals surface area contributed by atoms with Crippen molar-refractivity contribution in [2.75, 3.05) is 19.4 Å². The first-order chi connectivity index (χ1) is 8.43. The Morgan fingerprint density at radius 2 is 2.00 bits per heavy atom. The van der Waals surface area contributed by atoms with Crippen molar-refractivity contribution in [1.82, 2.24) is 5.32 Å². The maximum atomic E-state index is 11.6. The lowest BCUT2D eigenvalue weighted by atomic mass is 10.1. The SMILES string of the molecule is COC(C)(C)CNC(=O)/C=C/c1ccc(N)cc1. The van der Waals surface area contributed by atoms with Gasteiger partial charge in [0.25, 0.3) is 0 Å². The second-order valence-corrected chi connectivity index (χ2v) is 4.68. The number of anilines is 1. The summed E-state index contributed by atoms with van der Waals surface area (Å²) >= 11 is 0. The summed E-state index contributed by atoms with van der Waals surface area (Å²) in [6.07, 6.45) is 3.24. The van der Waals surface area contributed by atoms with E-state index in [0.717, 1.165) is 5.56 Å². The minimum absolute atomic E-state index is 0.142. The molecule has 0 aliphatic heterocycles. The molecule has 0 aromatic heterocycles. The maximum Gasteiger partial charge on any atom is 0.244 e. The van der Waals surface area contributed by atoms with Gasteiger partial charge in [-0.05, 0) is 37.6 Å². The number of hydrogen-bond donors (Lipinski definition) is 2. The van der Waals surface area contributed by atoms with Gasteiger partial charge in [-0.3, -0.25) is 4.79 Å². The van der Waals surface area contributed by atoms with Gasteiger partial charge in [0.15, 0.2) is 0 Å². The number of nitrogen functional groups attached to an aromatic ring is 1. The van der Waals surface area contributed by atoms with Crippen molar-refractivity contribution >= 4 is 17.7 Å². The van der Waals surface area contributed by atoms with E-state index in [-0.39, 0.29) is 11.5 Å². The summed E-state index contributed by atoms with van der Waals surface area (Å²) in [7, 11) is 1.62. The van der Waals surface area contributed by atoms with E-state index in [0.29, 0.717) is 12.2 Å². The van der Waals surface area contributed by atoms with Crippen LogP contribution >= 0.6 is 0 Å². The van der Waals surface area contributed by atoms with Gasteiger partial charge in [0.2, 0.25) is 5.91 Å². The summed E-state index contributed by atoms with van der Waals surface area (Å²) in [5, 5.41) is 2.78. The van der Waals surface area contributed by atoms with Crippen molar-refractivity contribution in [2.24, 2.45) is 0 Å². The summed E-state index contributed by atoms with van der Waals surface area (Å²) in [5.41, 5.74) is 6.86. The van der Waals surface area contributed by atoms with E-state index in [1.165, 1.54) is 6.08 Å². The summed E-state index contributed by atoms with van der Waals surface area (Å²) in [6.45, 7) is 4.29. The van der Waals surface area contributed by atoms with Crippen LogP contribution in [-0.2, 0) is 9.53 Å². The molecule has 4 nitrogen and oxygen atoms in total. The Bertz CT molecular complexity index is 422. The predicted molar refractivity (Wildman–Crippen MR) is 74.0 cm³/mol. The molecule has 0 radical (unpaired) electrons. The van der Waals surface area contributed by atoms with Gasteiger partial charge in [-0.15, -0.1) is 0 Å². The van der Waals surface area contributed by atoms with E-state index in [9.17, 15) is 4.79 Å². The molecule has 18 heavy (non-hydrogen) atoms. The molecule has 0 spiro atoms. The monoisotopic (exact) mass is 248 g/mol. The third-order valence-corrected chi connectivity index (χ3v) is 2.60. The molecule has 0 unspecified atom stereocenters. The highest BCUT2D eigenvalue weighted by Gasteiger charge is 2.16. The standard InChI is InChI=1S/C14H20N2O2/c1-14(2,18-3)10-16-13(17)9-6-11-4-7-12(15)8-5-11/h4-9H,10,15H2,1-3H3,(H,16,17)/b9-6+. The normalized spacial score (nSPS) is 11.7. The van der Waals surface area contributed by atoms with Crippen molar-refractivity contribution in [3.05, 3.63) is 35.9 Å². The van der Waals surface area contributed by atoms with Gasteiger partial charge in [-0.1, -0.05) is 12.1 Å². The predicted octanol–water partition coefficient (Wildman–Crippen LogP) is 1.82. The number of hydrogen-bond acceptors (Lipinski definition) is 3. The Morgan fingerprint density at radius 1 is 1.39 bits per heavy atom. The van der Waals surface area contributed by atoms with Crippen LogP contribution in [0.25, 0.3) is 6.08 Å². The van der Waals surface area contributed by atoms with Crippen LogP contribution < -0.4 is 11.1 Å². The number of carbonyl (C=O) groups is 1. The molecule has 0 saturated heterocycles. The Kier molecular flexibility index (Phi) is 4.92. The van der Waals surface area contributed by atoms with Crippen molar-refractivity contribution in [3.8, 4) is 0 Å². The number of amides is 1. The van der Waals surface area contributed by atoms with Gasteiger partial charge < -0.3 is 15.8 Å². The topological polar surface area (TPSA) is 64.3 Å². The molecule has 3 N–H and O–H groups in total. The summed E-state index contributed by atoms with van der Waals surface area (Å²) < 4.78 is 5.21. The van der Waals surface area contributed by atoms with Crippen LogP contribution in [0.4, 0.5) is 5.69 Å². The second-order valence-electron chi connectivity index (χ2n) is 4.68. The zero-order valence-electron chi connectivity index (χ0n) is 11.1. The van der Waals surface area contributed by atoms with Gasteiger partial charge in [-0.25, -0.2) is 0 Å². The number of carbonyl (C=O) groups excluding carboxylic acids is 1. The highest BCUT2D eigenvalue weighted by Crippen LogP contribution is 2.07. The van der Waals surface area contributed by atoms with Crippen molar-refractivity contribution in [1.29, 1.82) is 0 Å². The van der Waals surface area contributed by atoms with E-state index in [4.69, 9.17) is 10.5 Å². The Labute approximate surface area is 108 Å². The van der Waals surface area contributed by atoms with Gasteiger partial charge in [0, 0.05) is 25.4 Å². The number of rotatable bonds is 5. The van der Waals surface area contributed by atoms with Crippen molar-refractivity contribution in [3.63, 3.8) is 0 Å². The van der Waals surface area contributed by atoms with Gasteiger partial charge in [0.05, 0.1) is 5.60 Å². The number of benzene rings is 1. The lowest BCUT2D eigenvalue weighted by Crippen LogP contribution is -2.39. The van der Waals surface area contributed by atoms with Crippen LogP contribution in [0.3, 0.4) is 0 Å².